The van der Waals surface area contributed by atoms with E-state index in [0.717, 1.165) is 40.1 Å². The average molecular weight is 455 g/mol. The molecule has 0 fully saturated rings. The van der Waals surface area contributed by atoms with Gasteiger partial charge in [0.25, 0.3) is 11.8 Å². The van der Waals surface area contributed by atoms with Gasteiger partial charge in [-0.15, -0.1) is 0 Å². The number of ether oxygens (including phenoxy) is 1. The Balaban J connectivity index is 1.81. The number of hydrogen-bond acceptors (Lipinski definition) is 4. The van der Waals surface area contributed by atoms with Gasteiger partial charge in [0.1, 0.15) is 11.4 Å². The molecule has 3 aromatic rings. The predicted molar refractivity (Wildman–Crippen MR) is 137 cm³/mol. The maximum atomic E-state index is 13.7. The Morgan fingerprint density at radius 1 is 0.794 bits per heavy atom. The summed E-state index contributed by atoms with van der Waals surface area (Å²) in [5.41, 5.74) is 6.72. The van der Waals surface area contributed by atoms with E-state index in [1.54, 1.807) is 0 Å². The van der Waals surface area contributed by atoms with Crippen LogP contribution in [0.2, 0.25) is 0 Å². The molecule has 0 saturated heterocycles. The first-order valence-electron chi connectivity index (χ1n) is 11.6. The Kier molecular flexibility index (Phi) is 6.55. The highest BCUT2D eigenvalue weighted by atomic mass is 16.5. The number of nitrogens with one attached hydrogen (secondary N) is 1. The van der Waals surface area contributed by atoms with E-state index in [9.17, 15) is 9.59 Å². The number of imide groups is 1. The number of rotatable bonds is 7. The third kappa shape index (κ3) is 4.60. The van der Waals surface area contributed by atoms with Crippen LogP contribution in [0.4, 0.5) is 11.4 Å². The van der Waals surface area contributed by atoms with Crippen molar-refractivity contribution in [1.82, 2.24) is 0 Å². The van der Waals surface area contributed by atoms with Crippen molar-refractivity contribution in [1.29, 1.82) is 0 Å². The highest BCUT2D eigenvalue weighted by Crippen LogP contribution is 2.35. The Morgan fingerprint density at radius 3 is 2.12 bits per heavy atom. The fraction of sp³-hybridized carbons (Fsp3) is 0.241. The van der Waals surface area contributed by atoms with Crippen molar-refractivity contribution < 1.29 is 14.3 Å². The van der Waals surface area contributed by atoms with Crippen molar-refractivity contribution in [3.05, 3.63) is 94.2 Å². The van der Waals surface area contributed by atoms with Gasteiger partial charge >= 0.3 is 0 Å². The molecule has 1 heterocycles. The molecule has 2 amide bonds. The molecular weight excluding hydrogens is 424 g/mol. The molecule has 0 aromatic heterocycles. The second kappa shape index (κ2) is 9.56. The van der Waals surface area contributed by atoms with Crippen LogP contribution >= 0.6 is 0 Å². The number of carbonyl (C=O) groups excluding carboxylic acids is 2. The molecule has 0 saturated carbocycles. The fourth-order valence-electron chi connectivity index (χ4n) is 4.17. The minimum absolute atomic E-state index is 0.278. The zero-order valence-corrected chi connectivity index (χ0v) is 20.4. The molecule has 0 unspecified atom stereocenters. The zero-order valence-electron chi connectivity index (χ0n) is 20.4. The van der Waals surface area contributed by atoms with Crippen molar-refractivity contribution in [2.75, 3.05) is 16.8 Å². The van der Waals surface area contributed by atoms with E-state index < -0.39 is 0 Å². The van der Waals surface area contributed by atoms with Crippen molar-refractivity contribution in [3.8, 4) is 5.75 Å². The lowest BCUT2D eigenvalue weighted by molar-refractivity contribution is -0.120. The van der Waals surface area contributed by atoms with Gasteiger partial charge < -0.3 is 10.1 Å². The quantitative estimate of drug-likeness (QED) is 0.438. The first kappa shape index (κ1) is 23.3. The normalized spacial score (nSPS) is 13.6. The van der Waals surface area contributed by atoms with Crippen LogP contribution in [0.1, 0.15) is 41.2 Å². The summed E-state index contributed by atoms with van der Waals surface area (Å²) in [5.74, 6) is 0.0282. The van der Waals surface area contributed by atoms with E-state index in [2.05, 4.69) is 12.2 Å². The van der Waals surface area contributed by atoms with Crippen molar-refractivity contribution in [2.24, 2.45) is 0 Å². The van der Waals surface area contributed by atoms with Crippen molar-refractivity contribution in [3.63, 3.8) is 0 Å². The fourth-order valence-corrected chi connectivity index (χ4v) is 4.17. The molecule has 5 nitrogen and oxygen atoms in total. The molecule has 5 heteroatoms. The highest BCUT2D eigenvalue weighted by Gasteiger charge is 2.40. The van der Waals surface area contributed by atoms with Crippen molar-refractivity contribution in [2.45, 2.75) is 41.0 Å². The van der Waals surface area contributed by atoms with Crippen LogP contribution in [0.3, 0.4) is 0 Å². The molecule has 0 aliphatic carbocycles. The monoisotopic (exact) mass is 454 g/mol. The van der Waals surface area contributed by atoms with Gasteiger partial charge in [-0.3, -0.25) is 9.59 Å². The standard InChI is InChI=1S/C29H30N2O3/c1-6-13-34-24-11-9-22(10-12-24)26-27(30-25-17-18(2)7-8-21(25)5)29(33)31(28(26)32)23-15-19(3)14-20(4)16-23/h7-12,14-17,30H,6,13H2,1-5H3. The molecule has 0 atom stereocenters. The van der Waals surface area contributed by atoms with Crippen molar-refractivity contribution >= 4 is 28.8 Å². The van der Waals surface area contributed by atoms with Gasteiger partial charge in [0.05, 0.1) is 17.9 Å². The molecule has 0 bridgehead atoms. The van der Waals surface area contributed by atoms with Crippen LogP contribution in [0.5, 0.6) is 5.75 Å². The summed E-state index contributed by atoms with van der Waals surface area (Å²) in [4.78, 5) is 28.7. The molecule has 3 aromatic carbocycles. The van der Waals surface area contributed by atoms with Gasteiger partial charge in [-0.25, -0.2) is 4.90 Å². The molecule has 0 radical (unpaired) electrons. The zero-order chi connectivity index (χ0) is 24.4. The number of hydrogen-bond donors (Lipinski definition) is 1. The average Bonchev–Trinajstić information content (AvgIpc) is 3.04. The summed E-state index contributed by atoms with van der Waals surface area (Å²) < 4.78 is 5.69. The van der Waals surface area contributed by atoms with Gasteiger partial charge in [0.2, 0.25) is 0 Å². The van der Waals surface area contributed by atoms with Gasteiger partial charge in [-0.2, -0.15) is 0 Å². The summed E-state index contributed by atoms with van der Waals surface area (Å²) in [6.45, 7) is 10.6. The molecule has 34 heavy (non-hydrogen) atoms. The topological polar surface area (TPSA) is 58.6 Å². The minimum atomic E-state index is -0.364. The molecular formula is C29H30N2O3. The minimum Gasteiger partial charge on any atom is -0.494 e. The van der Waals surface area contributed by atoms with Crippen LogP contribution in [0.15, 0.2) is 66.4 Å². The molecule has 174 valence electrons. The van der Waals surface area contributed by atoms with E-state index in [4.69, 9.17) is 4.74 Å². The van der Waals surface area contributed by atoms with E-state index in [-0.39, 0.29) is 17.5 Å². The smallest absolute Gasteiger partial charge is 0.282 e. The van der Waals surface area contributed by atoms with Gasteiger partial charge in [0.15, 0.2) is 0 Å². The summed E-state index contributed by atoms with van der Waals surface area (Å²) in [6.07, 6.45) is 0.911. The van der Waals surface area contributed by atoms with Gasteiger partial charge in [-0.05, 0) is 92.3 Å². The Hall–Kier alpha value is -3.86. The lowest BCUT2D eigenvalue weighted by Gasteiger charge is -2.17. The second-order valence-electron chi connectivity index (χ2n) is 8.86. The molecule has 4 rings (SSSR count). The second-order valence-corrected chi connectivity index (χ2v) is 8.86. The molecule has 0 spiro atoms. The lowest BCUT2D eigenvalue weighted by Crippen LogP contribution is -2.32. The number of benzene rings is 3. The first-order valence-corrected chi connectivity index (χ1v) is 11.6. The molecule has 1 aliphatic heterocycles. The third-order valence-electron chi connectivity index (χ3n) is 5.82. The molecule has 1 N–H and O–H groups in total. The molecule has 1 aliphatic rings. The number of amides is 2. The number of nitrogens with zero attached hydrogens (tertiary/aromatic N) is 1. The number of anilines is 2. The Bertz CT molecular complexity index is 1270. The van der Waals surface area contributed by atoms with Gasteiger partial charge in [-0.1, -0.05) is 37.3 Å². The van der Waals surface area contributed by atoms with E-state index in [0.29, 0.717) is 23.4 Å². The third-order valence-corrected chi connectivity index (χ3v) is 5.82. The van der Waals surface area contributed by atoms with E-state index in [1.165, 1.54) is 4.90 Å². The Labute approximate surface area is 201 Å². The lowest BCUT2D eigenvalue weighted by atomic mass is 10.0. The number of aryl methyl sites for hydroxylation is 4. The van der Waals surface area contributed by atoms with E-state index >= 15 is 0 Å². The SMILES string of the molecule is CCCOc1ccc(C2=C(Nc3cc(C)ccc3C)C(=O)N(c3cc(C)cc(C)c3)C2=O)cc1. The van der Waals surface area contributed by atoms with Crippen LogP contribution in [-0.2, 0) is 9.59 Å². The largest absolute Gasteiger partial charge is 0.494 e. The van der Waals surface area contributed by atoms with Crippen LogP contribution in [0.25, 0.3) is 5.57 Å². The maximum Gasteiger partial charge on any atom is 0.282 e. The first-order chi connectivity index (χ1) is 16.3. The predicted octanol–water partition coefficient (Wildman–Crippen LogP) is 6.11. The summed E-state index contributed by atoms with van der Waals surface area (Å²) >= 11 is 0. The maximum absolute atomic E-state index is 13.7. The highest BCUT2D eigenvalue weighted by molar-refractivity contribution is 6.46. The van der Waals surface area contributed by atoms with Crippen LogP contribution < -0.4 is 15.0 Å². The number of carbonyl (C=O) groups is 2. The Morgan fingerprint density at radius 2 is 1.47 bits per heavy atom. The van der Waals surface area contributed by atoms with Gasteiger partial charge in [0, 0.05) is 5.69 Å². The van der Waals surface area contributed by atoms with Crippen LogP contribution in [0, 0.1) is 27.7 Å². The summed E-state index contributed by atoms with van der Waals surface area (Å²) in [5, 5.41) is 3.29. The van der Waals surface area contributed by atoms with Crippen LogP contribution in [-0.4, -0.2) is 18.4 Å². The van der Waals surface area contributed by atoms with E-state index in [1.807, 2.05) is 88.4 Å². The summed E-state index contributed by atoms with van der Waals surface area (Å²) in [6, 6.07) is 19.1. The summed E-state index contributed by atoms with van der Waals surface area (Å²) in [7, 11) is 0.